The number of aliphatic hydroxyl groups is 2. The molecular formula is C43H77O10P. The molecule has 314 valence electrons. The zero-order chi connectivity index (χ0) is 39.8. The number of unbranched alkanes of at least 4 members (excludes halogenated alkanes) is 17. The van der Waals surface area contributed by atoms with Crippen molar-refractivity contribution in [2.45, 2.75) is 187 Å². The number of carbonyl (C=O) groups is 2. The first kappa shape index (κ1) is 51.9. The van der Waals surface area contributed by atoms with Crippen LogP contribution in [0.15, 0.2) is 48.6 Å². The van der Waals surface area contributed by atoms with Crippen LogP contribution in [0.4, 0.5) is 0 Å². The van der Waals surface area contributed by atoms with Crippen LogP contribution in [0.1, 0.15) is 174 Å². The zero-order valence-corrected chi connectivity index (χ0v) is 34.8. The van der Waals surface area contributed by atoms with Crippen LogP contribution < -0.4 is 0 Å². The molecule has 0 saturated carbocycles. The number of rotatable bonds is 39. The van der Waals surface area contributed by atoms with Crippen LogP contribution in [-0.4, -0.2) is 65.7 Å². The monoisotopic (exact) mass is 785 g/mol. The van der Waals surface area contributed by atoms with Gasteiger partial charge in [-0.3, -0.25) is 18.6 Å². The van der Waals surface area contributed by atoms with E-state index in [1.165, 1.54) is 51.4 Å². The fourth-order valence-corrected chi connectivity index (χ4v) is 6.18. The van der Waals surface area contributed by atoms with Crippen molar-refractivity contribution in [3.05, 3.63) is 48.6 Å². The van der Waals surface area contributed by atoms with Crippen LogP contribution in [0, 0.1) is 0 Å². The topological polar surface area (TPSA) is 149 Å². The lowest BCUT2D eigenvalue weighted by molar-refractivity contribution is -0.161. The van der Waals surface area contributed by atoms with Crippen molar-refractivity contribution in [1.82, 2.24) is 0 Å². The Balaban J connectivity index is 4.35. The summed E-state index contributed by atoms with van der Waals surface area (Å²) in [5.74, 6) is -0.952. The molecule has 0 aromatic heterocycles. The fraction of sp³-hybridized carbons (Fsp3) is 0.767. The second-order valence-electron chi connectivity index (χ2n) is 14.0. The lowest BCUT2D eigenvalue weighted by Crippen LogP contribution is -2.29. The number of carbonyl (C=O) groups excluding carboxylic acids is 2. The number of phosphoric acid groups is 1. The van der Waals surface area contributed by atoms with Crippen molar-refractivity contribution in [3.8, 4) is 0 Å². The molecule has 0 radical (unpaired) electrons. The number of aliphatic hydroxyl groups excluding tert-OH is 2. The van der Waals surface area contributed by atoms with Gasteiger partial charge in [-0.1, -0.05) is 140 Å². The Morgan fingerprint density at radius 1 is 0.556 bits per heavy atom. The predicted octanol–water partition coefficient (Wildman–Crippen LogP) is 10.9. The predicted molar refractivity (Wildman–Crippen MR) is 219 cm³/mol. The molecule has 3 unspecified atom stereocenters. The SMILES string of the molecule is CCCC/C=C\C/C=C\CCCCCCCC(=O)OCC(COP(=O)(O)OCC(O)CO)OC(=O)CCCCCCCCC/C=C\C/C=C\CCCCC. The molecule has 0 aliphatic carbocycles. The van der Waals surface area contributed by atoms with E-state index in [-0.39, 0.29) is 19.4 Å². The number of phosphoric ester groups is 1. The minimum absolute atomic E-state index is 0.171. The molecule has 0 aliphatic heterocycles. The van der Waals surface area contributed by atoms with E-state index < -0.39 is 51.8 Å². The van der Waals surface area contributed by atoms with E-state index in [9.17, 15) is 24.2 Å². The molecule has 0 aliphatic rings. The van der Waals surface area contributed by atoms with E-state index in [1.807, 2.05) is 0 Å². The average Bonchev–Trinajstić information content (AvgIpc) is 3.16. The van der Waals surface area contributed by atoms with Gasteiger partial charge < -0.3 is 24.6 Å². The van der Waals surface area contributed by atoms with Gasteiger partial charge in [-0.05, 0) is 70.6 Å². The van der Waals surface area contributed by atoms with Gasteiger partial charge in [0.15, 0.2) is 6.10 Å². The van der Waals surface area contributed by atoms with Gasteiger partial charge in [-0.15, -0.1) is 0 Å². The molecule has 0 aromatic rings. The third kappa shape index (κ3) is 38.2. The Bertz CT molecular complexity index is 1040. The first-order chi connectivity index (χ1) is 26.2. The molecule has 3 atom stereocenters. The summed E-state index contributed by atoms with van der Waals surface area (Å²) < 4.78 is 32.7. The maximum Gasteiger partial charge on any atom is 0.472 e. The van der Waals surface area contributed by atoms with Crippen molar-refractivity contribution in [2.75, 3.05) is 26.4 Å². The molecule has 3 N–H and O–H groups in total. The molecule has 0 fully saturated rings. The minimum Gasteiger partial charge on any atom is -0.462 e. The number of esters is 2. The smallest absolute Gasteiger partial charge is 0.462 e. The Kier molecular flexibility index (Phi) is 37.7. The summed E-state index contributed by atoms with van der Waals surface area (Å²) in [6, 6.07) is 0. The summed E-state index contributed by atoms with van der Waals surface area (Å²) in [5.41, 5.74) is 0. The number of allylic oxidation sites excluding steroid dienone is 8. The van der Waals surface area contributed by atoms with E-state index in [0.29, 0.717) is 12.8 Å². The Labute approximate surface area is 328 Å². The van der Waals surface area contributed by atoms with Crippen molar-refractivity contribution in [2.24, 2.45) is 0 Å². The standard InChI is InChI=1S/C43H77O10P/c1-3-5-7-9-11-13-15-17-19-20-21-23-25-27-29-31-33-35-43(47)53-41(39-52-54(48,49)51-37-40(45)36-44)38-50-42(46)34-32-30-28-26-24-22-18-16-14-12-10-8-6-4-2/h10-13,16-19,40-41,44-45H,3-9,14-15,20-39H2,1-2H3,(H,48,49)/b12-10-,13-11-,18-16-,19-17-. The second-order valence-corrected chi connectivity index (χ2v) is 15.5. The normalized spacial score (nSPS) is 14.4. The van der Waals surface area contributed by atoms with Crippen LogP contribution in [0.5, 0.6) is 0 Å². The highest BCUT2D eigenvalue weighted by atomic mass is 31.2. The molecular weight excluding hydrogens is 707 g/mol. The average molecular weight is 785 g/mol. The highest BCUT2D eigenvalue weighted by molar-refractivity contribution is 7.47. The number of ether oxygens (including phenoxy) is 2. The molecule has 0 aromatic carbocycles. The van der Waals surface area contributed by atoms with E-state index >= 15 is 0 Å². The first-order valence-electron chi connectivity index (χ1n) is 21.1. The molecule has 11 heteroatoms. The molecule has 10 nitrogen and oxygen atoms in total. The second kappa shape index (κ2) is 39.2. The highest BCUT2D eigenvalue weighted by Gasteiger charge is 2.27. The molecule has 0 amide bonds. The van der Waals surface area contributed by atoms with E-state index in [4.69, 9.17) is 19.1 Å². The summed E-state index contributed by atoms with van der Waals surface area (Å²) in [6.07, 6.45) is 40.7. The minimum atomic E-state index is -4.62. The summed E-state index contributed by atoms with van der Waals surface area (Å²) in [7, 11) is -4.62. The molecule has 0 spiro atoms. The molecule has 0 saturated heterocycles. The number of hydrogen-bond acceptors (Lipinski definition) is 9. The van der Waals surface area contributed by atoms with Gasteiger partial charge in [-0.2, -0.15) is 0 Å². The summed E-state index contributed by atoms with van der Waals surface area (Å²) in [5, 5.41) is 18.3. The van der Waals surface area contributed by atoms with Crippen LogP contribution in [0.2, 0.25) is 0 Å². The van der Waals surface area contributed by atoms with Crippen molar-refractivity contribution < 1.29 is 47.8 Å². The largest absolute Gasteiger partial charge is 0.472 e. The van der Waals surface area contributed by atoms with Gasteiger partial charge in [-0.25, -0.2) is 4.57 Å². The maximum atomic E-state index is 12.6. The first-order valence-corrected chi connectivity index (χ1v) is 22.6. The molecule has 54 heavy (non-hydrogen) atoms. The van der Waals surface area contributed by atoms with E-state index in [2.05, 4.69) is 67.0 Å². The quantitative estimate of drug-likeness (QED) is 0.0238. The fourth-order valence-electron chi connectivity index (χ4n) is 5.39. The summed E-state index contributed by atoms with van der Waals surface area (Å²) >= 11 is 0. The highest BCUT2D eigenvalue weighted by Crippen LogP contribution is 2.43. The van der Waals surface area contributed by atoms with Gasteiger partial charge in [0, 0.05) is 12.8 Å². The Morgan fingerprint density at radius 2 is 0.981 bits per heavy atom. The third-order valence-electron chi connectivity index (χ3n) is 8.71. The summed E-state index contributed by atoms with van der Waals surface area (Å²) in [4.78, 5) is 34.9. The van der Waals surface area contributed by atoms with Gasteiger partial charge in [0.2, 0.25) is 0 Å². The third-order valence-corrected chi connectivity index (χ3v) is 9.66. The van der Waals surface area contributed by atoms with Crippen molar-refractivity contribution >= 4 is 19.8 Å². The van der Waals surface area contributed by atoms with Crippen LogP contribution in [0.3, 0.4) is 0 Å². The molecule has 0 rings (SSSR count). The van der Waals surface area contributed by atoms with E-state index in [0.717, 1.165) is 83.5 Å². The van der Waals surface area contributed by atoms with Gasteiger partial charge >= 0.3 is 19.8 Å². The molecule has 0 heterocycles. The lowest BCUT2D eigenvalue weighted by Gasteiger charge is -2.20. The summed E-state index contributed by atoms with van der Waals surface area (Å²) in [6.45, 7) is 2.28. The zero-order valence-electron chi connectivity index (χ0n) is 33.9. The van der Waals surface area contributed by atoms with Crippen LogP contribution in [0.25, 0.3) is 0 Å². The van der Waals surface area contributed by atoms with Gasteiger partial charge in [0.1, 0.15) is 12.7 Å². The number of hydrogen-bond donors (Lipinski definition) is 3. The van der Waals surface area contributed by atoms with Crippen LogP contribution >= 0.6 is 7.82 Å². The van der Waals surface area contributed by atoms with Crippen LogP contribution in [-0.2, 0) is 32.7 Å². The van der Waals surface area contributed by atoms with E-state index in [1.54, 1.807) is 0 Å². The van der Waals surface area contributed by atoms with Gasteiger partial charge in [0.05, 0.1) is 19.8 Å². The van der Waals surface area contributed by atoms with Crippen molar-refractivity contribution in [3.63, 3.8) is 0 Å². The van der Waals surface area contributed by atoms with Crippen molar-refractivity contribution in [1.29, 1.82) is 0 Å². The lowest BCUT2D eigenvalue weighted by atomic mass is 10.1. The Morgan fingerprint density at radius 3 is 1.48 bits per heavy atom. The molecule has 0 bridgehead atoms. The van der Waals surface area contributed by atoms with Gasteiger partial charge in [0.25, 0.3) is 0 Å². The Hall–Kier alpha value is -2.07. The maximum absolute atomic E-state index is 12.6.